The molecule has 2 N–H and O–H groups in total. The minimum atomic E-state index is -0.689. The highest BCUT2D eigenvalue weighted by Gasteiger charge is 2.08. The van der Waals surface area contributed by atoms with Crippen molar-refractivity contribution in [3.05, 3.63) is 33.7 Å². The van der Waals surface area contributed by atoms with E-state index in [9.17, 15) is 9.59 Å². The molecule has 0 saturated carbocycles. The lowest BCUT2D eigenvalue weighted by molar-refractivity contribution is 0.0999. The molecule has 0 atom stereocenters. The van der Waals surface area contributed by atoms with Crippen LogP contribution in [0.25, 0.3) is 0 Å². The first-order valence-electron chi connectivity index (χ1n) is 3.22. The topological polar surface area (TPSA) is 65.1 Å². The van der Waals surface area contributed by atoms with Gasteiger partial charge in [0.15, 0.2) is 0 Å². The Hall–Kier alpha value is -0.850. The molecule has 4 nitrogen and oxygen atoms in total. The number of amides is 1. The molecular formula is C7H7IN2O2. The second-order valence-electron chi connectivity index (χ2n) is 2.34. The van der Waals surface area contributed by atoms with Crippen LogP contribution in [0, 0.1) is 6.92 Å². The standard InChI is InChI=1S/C7H7IN2O2/c1-4-2-3-5(6(9)11)7(12)10(4)8/h2-3H,1H3,(H2,9,11). The van der Waals surface area contributed by atoms with Crippen molar-refractivity contribution < 1.29 is 4.79 Å². The highest BCUT2D eigenvalue weighted by atomic mass is 127. The van der Waals surface area contributed by atoms with Gasteiger partial charge in [0.05, 0.1) is 22.9 Å². The fraction of sp³-hybridized carbons (Fsp3) is 0.143. The van der Waals surface area contributed by atoms with E-state index in [1.165, 1.54) is 8.85 Å². The second kappa shape index (κ2) is 3.26. The summed E-state index contributed by atoms with van der Waals surface area (Å²) in [5.41, 5.74) is 5.43. The molecule has 0 aliphatic rings. The summed E-state index contributed by atoms with van der Waals surface area (Å²) >= 11 is 1.82. The van der Waals surface area contributed by atoms with Crippen molar-refractivity contribution in [2.24, 2.45) is 5.73 Å². The lowest BCUT2D eigenvalue weighted by Crippen LogP contribution is -2.26. The smallest absolute Gasteiger partial charge is 0.272 e. The van der Waals surface area contributed by atoms with Crippen LogP contribution in [0.3, 0.4) is 0 Å². The van der Waals surface area contributed by atoms with Crippen LogP contribution in [0.4, 0.5) is 0 Å². The Kier molecular flexibility index (Phi) is 2.51. The van der Waals surface area contributed by atoms with E-state index in [2.05, 4.69) is 0 Å². The molecule has 0 aromatic carbocycles. The number of carbonyl (C=O) groups is 1. The molecular weight excluding hydrogens is 271 g/mol. The highest BCUT2D eigenvalue weighted by Crippen LogP contribution is 2.00. The van der Waals surface area contributed by atoms with Crippen LogP contribution in [0.2, 0.25) is 0 Å². The Morgan fingerprint density at radius 2 is 2.17 bits per heavy atom. The summed E-state index contributed by atoms with van der Waals surface area (Å²) in [6.07, 6.45) is 0. The van der Waals surface area contributed by atoms with Gasteiger partial charge in [-0.1, -0.05) is 0 Å². The zero-order valence-electron chi connectivity index (χ0n) is 6.37. The van der Waals surface area contributed by atoms with Gasteiger partial charge in [0.1, 0.15) is 5.56 Å². The van der Waals surface area contributed by atoms with Gasteiger partial charge in [-0.05, 0) is 19.1 Å². The van der Waals surface area contributed by atoms with Crippen molar-refractivity contribution in [3.63, 3.8) is 0 Å². The summed E-state index contributed by atoms with van der Waals surface area (Å²) in [5, 5.41) is 0. The van der Waals surface area contributed by atoms with E-state index in [1.807, 2.05) is 22.9 Å². The molecule has 0 saturated heterocycles. The van der Waals surface area contributed by atoms with Crippen molar-refractivity contribution in [1.82, 2.24) is 2.78 Å². The maximum atomic E-state index is 11.3. The Morgan fingerprint density at radius 1 is 1.58 bits per heavy atom. The van der Waals surface area contributed by atoms with E-state index in [0.717, 1.165) is 5.69 Å². The number of hydrogen-bond donors (Lipinski definition) is 1. The second-order valence-corrected chi connectivity index (χ2v) is 3.30. The summed E-state index contributed by atoms with van der Waals surface area (Å²) in [6, 6.07) is 3.11. The number of aromatic nitrogens is 1. The van der Waals surface area contributed by atoms with Gasteiger partial charge >= 0.3 is 0 Å². The third kappa shape index (κ3) is 1.50. The van der Waals surface area contributed by atoms with E-state index in [-0.39, 0.29) is 11.1 Å². The molecule has 12 heavy (non-hydrogen) atoms. The van der Waals surface area contributed by atoms with Crippen LogP contribution in [-0.4, -0.2) is 8.69 Å². The Balaban J connectivity index is 3.47. The lowest BCUT2D eigenvalue weighted by Gasteiger charge is -2.01. The lowest BCUT2D eigenvalue weighted by atomic mass is 10.2. The molecule has 0 aliphatic heterocycles. The molecule has 1 aromatic heterocycles. The summed E-state index contributed by atoms with van der Waals surface area (Å²) < 4.78 is 1.36. The van der Waals surface area contributed by atoms with Gasteiger partial charge in [0, 0.05) is 5.69 Å². The Morgan fingerprint density at radius 3 is 2.67 bits per heavy atom. The van der Waals surface area contributed by atoms with Crippen LogP contribution >= 0.6 is 22.9 Å². The van der Waals surface area contributed by atoms with Crippen molar-refractivity contribution in [2.45, 2.75) is 6.92 Å². The number of aryl methyl sites for hydroxylation is 1. The Labute approximate surface area is 82.9 Å². The minimum absolute atomic E-state index is 0.0231. The maximum Gasteiger partial charge on any atom is 0.272 e. The van der Waals surface area contributed by atoms with E-state index < -0.39 is 5.91 Å². The highest BCUT2D eigenvalue weighted by molar-refractivity contribution is 14.1. The van der Waals surface area contributed by atoms with Crippen molar-refractivity contribution in [2.75, 3.05) is 0 Å². The molecule has 0 aliphatic carbocycles. The third-order valence-electron chi connectivity index (χ3n) is 1.48. The van der Waals surface area contributed by atoms with Crippen molar-refractivity contribution >= 4 is 28.8 Å². The molecule has 64 valence electrons. The van der Waals surface area contributed by atoms with E-state index in [4.69, 9.17) is 5.73 Å². The average Bonchev–Trinajstić information content (AvgIpc) is 2.00. The molecule has 5 heteroatoms. The van der Waals surface area contributed by atoms with E-state index in [1.54, 1.807) is 13.0 Å². The van der Waals surface area contributed by atoms with Crippen LogP contribution in [0.5, 0.6) is 0 Å². The Bertz CT molecular complexity index is 383. The summed E-state index contributed by atoms with van der Waals surface area (Å²) in [4.78, 5) is 22.0. The molecule has 0 bridgehead atoms. The zero-order chi connectivity index (χ0) is 9.30. The number of hydrogen-bond acceptors (Lipinski definition) is 2. The number of nitrogens with zero attached hydrogens (tertiary/aromatic N) is 1. The van der Waals surface area contributed by atoms with E-state index >= 15 is 0 Å². The molecule has 0 radical (unpaired) electrons. The summed E-state index contributed by atoms with van der Waals surface area (Å²) in [7, 11) is 0. The summed E-state index contributed by atoms with van der Waals surface area (Å²) in [6.45, 7) is 1.78. The van der Waals surface area contributed by atoms with Crippen LogP contribution in [0.15, 0.2) is 16.9 Å². The van der Waals surface area contributed by atoms with Crippen LogP contribution in [0.1, 0.15) is 16.1 Å². The SMILES string of the molecule is Cc1ccc(C(N)=O)c(=O)n1I. The average molecular weight is 278 g/mol. The van der Waals surface area contributed by atoms with Gasteiger partial charge in [-0.15, -0.1) is 0 Å². The van der Waals surface area contributed by atoms with Gasteiger partial charge < -0.3 is 5.73 Å². The zero-order valence-corrected chi connectivity index (χ0v) is 8.53. The van der Waals surface area contributed by atoms with E-state index in [0.29, 0.717) is 0 Å². The number of rotatable bonds is 1. The van der Waals surface area contributed by atoms with Gasteiger partial charge in [-0.2, -0.15) is 0 Å². The van der Waals surface area contributed by atoms with Gasteiger partial charge in [-0.25, -0.2) is 0 Å². The fourth-order valence-corrected chi connectivity index (χ4v) is 1.21. The molecule has 0 spiro atoms. The molecule has 1 amide bonds. The number of nitrogens with two attached hydrogens (primary N) is 1. The predicted octanol–water partition coefficient (Wildman–Crippen LogP) is 0.454. The summed E-state index contributed by atoms with van der Waals surface area (Å²) in [5.74, 6) is -0.689. The largest absolute Gasteiger partial charge is 0.365 e. The first-order chi connectivity index (χ1) is 5.54. The van der Waals surface area contributed by atoms with Crippen LogP contribution in [-0.2, 0) is 0 Å². The number of primary amides is 1. The molecule has 0 fully saturated rings. The number of carbonyl (C=O) groups excluding carboxylic acids is 1. The van der Waals surface area contributed by atoms with Crippen LogP contribution < -0.4 is 11.3 Å². The molecule has 1 rings (SSSR count). The monoisotopic (exact) mass is 278 g/mol. The minimum Gasteiger partial charge on any atom is -0.365 e. The molecule has 1 heterocycles. The fourth-order valence-electron chi connectivity index (χ4n) is 0.794. The van der Waals surface area contributed by atoms with Gasteiger partial charge in [0.2, 0.25) is 0 Å². The quantitative estimate of drug-likeness (QED) is 0.758. The maximum absolute atomic E-state index is 11.3. The third-order valence-corrected chi connectivity index (χ3v) is 2.67. The number of halogens is 1. The van der Waals surface area contributed by atoms with Crippen molar-refractivity contribution in [1.29, 1.82) is 0 Å². The van der Waals surface area contributed by atoms with Gasteiger partial charge in [-0.3, -0.25) is 12.4 Å². The molecule has 0 unspecified atom stereocenters. The number of pyridine rings is 1. The van der Waals surface area contributed by atoms with Crippen molar-refractivity contribution in [3.8, 4) is 0 Å². The normalized spacial score (nSPS) is 9.83. The van der Waals surface area contributed by atoms with Gasteiger partial charge in [0.25, 0.3) is 11.5 Å². The first kappa shape index (κ1) is 9.24. The molecule has 1 aromatic rings. The predicted molar refractivity (Wildman–Crippen MR) is 53.4 cm³/mol. The first-order valence-corrected chi connectivity index (χ1v) is 4.19.